The number of carbonyl (C=O) groups excluding carboxylic acids is 2. The maximum Gasteiger partial charge on any atom is 0.416 e. The molecule has 1 aliphatic carbocycles. The maximum atomic E-state index is 12.5. The number of alkyl halides is 3. The zero-order valence-corrected chi connectivity index (χ0v) is 11.4. The van der Waals surface area contributed by atoms with Gasteiger partial charge in [-0.15, -0.1) is 0 Å². The highest BCUT2D eigenvalue weighted by Crippen LogP contribution is 2.34. The molecule has 6 heteroatoms. The molecule has 1 aromatic carbocycles. The molecule has 0 aromatic heterocycles. The van der Waals surface area contributed by atoms with Crippen LogP contribution in [0.3, 0.4) is 0 Å². The third kappa shape index (κ3) is 3.83. The zero-order valence-electron chi connectivity index (χ0n) is 11.4. The summed E-state index contributed by atoms with van der Waals surface area (Å²) < 4.78 is 42.1. The van der Waals surface area contributed by atoms with E-state index in [1.54, 1.807) is 0 Å². The highest BCUT2D eigenvalue weighted by atomic mass is 19.4. The predicted molar refractivity (Wildman–Crippen MR) is 68.4 cm³/mol. The lowest BCUT2D eigenvalue weighted by Crippen LogP contribution is -2.28. The van der Waals surface area contributed by atoms with Crippen molar-refractivity contribution in [1.29, 1.82) is 0 Å². The van der Waals surface area contributed by atoms with E-state index in [0.29, 0.717) is 5.56 Å². The van der Waals surface area contributed by atoms with Gasteiger partial charge in [-0.1, -0.05) is 12.1 Å². The minimum Gasteiger partial charge on any atom is -0.468 e. The fourth-order valence-corrected chi connectivity index (χ4v) is 2.16. The van der Waals surface area contributed by atoms with E-state index in [4.69, 9.17) is 0 Å². The van der Waals surface area contributed by atoms with E-state index < -0.39 is 23.6 Å². The zero-order chi connectivity index (χ0) is 15.6. The van der Waals surface area contributed by atoms with E-state index in [0.717, 1.165) is 25.0 Å². The molecule has 0 aliphatic heterocycles. The van der Waals surface area contributed by atoms with Gasteiger partial charge in [0.15, 0.2) is 5.78 Å². The Balaban J connectivity index is 2.12. The van der Waals surface area contributed by atoms with Gasteiger partial charge < -0.3 is 4.74 Å². The molecule has 0 heterocycles. The molecule has 0 spiro atoms. The number of ketones is 1. The van der Waals surface area contributed by atoms with Gasteiger partial charge in [-0.25, -0.2) is 0 Å². The van der Waals surface area contributed by atoms with Crippen LogP contribution in [0.2, 0.25) is 0 Å². The number of esters is 1. The number of benzene rings is 1. The minimum atomic E-state index is -4.40. The molecule has 1 atom stereocenters. The topological polar surface area (TPSA) is 43.4 Å². The van der Waals surface area contributed by atoms with Crippen molar-refractivity contribution in [2.24, 2.45) is 11.8 Å². The number of halogens is 3. The number of hydrogen-bond donors (Lipinski definition) is 0. The molecule has 0 bridgehead atoms. The van der Waals surface area contributed by atoms with Gasteiger partial charge in [0.1, 0.15) is 5.92 Å². The molecule has 1 aliphatic rings. The Bertz CT molecular complexity index is 530. The van der Waals surface area contributed by atoms with Crippen molar-refractivity contribution >= 4 is 11.8 Å². The SMILES string of the molecule is COC(=O)C(Cc1ccc(C(F)(F)F)cc1)C(=O)C1CC1. The fraction of sp³-hybridized carbons (Fsp3) is 0.467. The van der Waals surface area contributed by atoms with Gasteiger partial charge in [-0.3, -0.25) is 9.59 Å². The van der Waals surface area contributed by atoms with Gasteiger partial charge >= 0.3 is 12.1 Å². The van der Waals surface area contributed by atoms with E-state index in [1.807, 2.05) is 0 Å². The molecule has 0 N–H and O–H groups in total. The van der Waals surface area contributed by atoms with Crippen molar-refractivity contribution in [2.45, 2.75) is 25.4 Å². The first kappa shape index (κ1) is 15.5. The molecule has 1 aromatic rings. The summed E-state index contributed by atoms with van der Waals surface area (Å²) in [6, 6.07) is 4.48. The molecular formula is C15H15F3O3. The molecule has 1 fully saturated rings. The standard InChI is InChI=1S/C15H15F3O3/c1-21-14(20)12(13(19)10-4-5-10)8-9-2-6-11(7-3-9)15(16,17)18/h2-3,6-7,10,12H,4-5,8H2,1H3. The lowest BCUT2D eigenvalue weighted by Gasteiger charge is -2.14. The average molecular weight is 300 g/mol. The number of ether oxygens (including phenoxy) is 1. The van der Waals surface area contributed by atoms with Crippen LogP contribution in [0.25, 0.3) is 0 Å². The smallest absolute Gasteiger partial charge is 0.416 e. The maximum absolute atomic E-state index is 12.5. The molecule has 0 amide bonds. The predicted octanol–water partition coefficient (Wildman–Crippen LogP) is 3.02. The first-order valence-corrected chi connectivity index (χ1v) is 6.60. The molecule has 21 heavy (non-hydrogen) atoms. The van der Waals surface area contributed by atoms with Gasteiger partial charge in [0.05, 0.1) is 12.7 Å². The van der Waals surface area contributed by atoms with Crippen LogP contribution in [-0.4, -0.2) is 18.9 Å². The van der Waals surface area contributed by atoms with Crippen molar-refractivity contribution in [2.75, 3.05) is 7.11 Å². The molecule has 1 saturated carbocycles. The average Bonchev–Trinajstić information content (AvgIpc) is 3.27. The summed E-state index contributed by atoms with van der Waals surface area (Å²) in [7, 11) is 1.20. The van der Waals surface area contributed by atoms with Crippen LogP contribution >= 0.6 is 0 Å². The van der Waals surface area contributed by atoms with Crippen LogP contribution in [0, 0.1) is 11.8 Å². The number of rotatable bonds is 5. The van der Waals surface area contributed by atoms with Gasteiger partial charge in [0.25, 0.3) is 0 Å². The largest absolute Gasteiger partial charge is 0.468 e. The van der Waals surface area contributed by atoms with Crippen molar-refractivity contribution in [3.05, 3.63) is 35.4 Å². The molecule has 3 nitrogen and oxygen atoms in total. The molecule has 114 valence electrons. The van der Waals surface area contributed by atoms with Crippen molar-refractivity contribution in [3.8, 4) is 0 Å². The highest BCUT2D eigenvalue weighted by molar-refractivity contribution is 6.01. The first-order chi connectivity index (χ1) is 9.82. The second kappa shape index (κ2) is 5.87. The van der Waals surface area contributed by atoms with Crippen LogP contribution < -0.4 is 0 Å². The van der Waals surface area contributed by atoms with E-state index in [-0.39, 0.29) is 18.1 Å². The summed E-state index contributed by atoms with van der Waals surface area (Å²) >= 11 is 0. The summed E-state index contributed by atoms with van der Waals surface area (Å²) in [5, 5.41) is 0. The van der Waals surface area contributed by atoms with E-state index >= 15 is 0 Å². The van der Waals surface area contributed by atoms with Crippen molar-refractivity contribution in [3.63, 3.8) is 0 Å². The van der Waals surface area contributed by atoms with Crippen LogP contribution in [0.4, 0.5) is 13.2 Å². The summed E-state index contributed by atoms with van der Waals surface area (Å²) in [6.45, 7) is 0. The number of Topliss-reactive ketones (excluding diaryl/α,β-unsaturated/α-hetero) is 1. The quantitative estimate of drug-likeness (QED) is 0.620. The van der Waals surface area contributed by atoms with E-state index in [1.165, 1.54) is 19.2 Å². The van der Waals surface area contributed by atoms with E-state index in [9.17, 15) is 22.8 Å². The second-order valence-corrected chi connectivity index (χ2v) is 5.15. The molecule has 2 rings (SSSR count). The summed E-state index contributed by atoms with van der Waals surface area (Å²) in [5.74, 6) is -1.85. The fourth-order valence-electron chi connectivity index (χ4n) is 2.16. The Labute approximate surface area is 120 Å². The lowest BCUT2D eigenvalue weighted by molar-refractivity contribution is -0.149. The van der Waals surface area contributed by atoms with Crippen LogP contribution in [0.1, 0.15) is 24.0 Å². The number of hydrogen-bond acceptors (Lipinski definition) is 3. The summed E-state index contributed by atoms with van der Waals surface area (Å²) in [5.41, 5.74) is -0.248. The Morgan fingerprint density at radius 1 is 1.24 bits per heavy atom. The minimum absolute atomic E-state index is 0.0696. The molecule has 1 unspecified atom stereocenters. The number of carbonyl (C=O) groups is 2. The van der Waals surface area contributed by atoms with Crippen LogP contribution in [0.5, 0.6) is 0 Å². The number of methoxy groups -OCH3 is 1. The summed E-state index contributed by atoms with van der Waals surface area (Å²) in [4.78, 5) is 23.7. The van der Waals surface area contributed by atoms with Crippen LogP contribution in [0.15, 0.2) is 24.3 Å². The Morgan fingerprint density at radius 3 is 2.24 bits per heavy atom. The summed E-state index contributed by atoms with van der Waals surface area (Å²) in [6.07, 6.45) is -2.80. The third-order valence-electron chi connectivity index (χ3n) is 3.53. The monoisotopic (exact) mass is 300 g/mol. The Morgan fingerprint density at radius 2 is 1.81 bits per heavy atom. The molecule has 0 radical (unpaired) electrons. The third-order valence-corrected chi connectivity index (χ3v) is 3.53. The van der Waals surface area contributed by atoms with Gasteiger partial charge in [-0.2, -0.15) is 13.2 Å². The van der Waals surface area contributed by atoms with Crippen molar-refractivity contribution in [1.82, 2.24) is 0 Å². The van der Waals surface area contributed by atoms with Crippen LogP contribution in [-0.2, 0) is 26.9 Å². The highest BCUT2D eigenvalue weighted by Gasteiger charge is 2.39. The van der Waals surface area contributed by atoms with Gasteiger partial charge in [0.2, 0.25) is 0 Å². The second-order valence-electron chi connectivity index (χ2n) is 5.15. The Kier molecular flexibility index (Phi) is 4.34. The lowest BCUT2D eigenvalue weighted by atomic mass is 9.92. The first-order valence-electron chi connectivity index (χ1n) is 6.60. The molecular weight excluding hydrogens is 285 g/mol. The Hall–Kier alpha value is -1.85. The van der Waals surface area contributed by atoms with Gasteiger partial charge in [0, 0.05) is 5.92 Å². The van der Waals surface area contributed by atoms with Gasteiger partial charge in [-0.05, 0) is 37.0 Å². The van der Waals surface area contributed by atoms with E-state index in [2.05, 4.69) is 4.74 Å². The molecule has 0 saturated heterocycles. The normalized spacial score (nSPS) is 16.4. The van der Waals surface area contributed by atoms with Crippen molar-refractivity contribution < 1.29 is 27.5 Å².